The molecule has 2 rings (SSSR count). The Morgan fingerprint density at radius 1 is 1.47 bits per heavy atom. The quantitative estimate of drug-likeness (QED) is 0.679. The maximum atomic E-state index is 11.7. The summed E-state index contributed by atoms with van der Waals surface area (Å²) in [5, 5.41) is 12.0. The fourth-order valence-electron chi connectivity index (χ4n) is 1.86. The third kappa shape index (κ3) is 3.37. The molecule has 1 fully saturated rings. The van der Waals surface area contributed by atoms with Crippen molar-refractivity contribution in [2.24, 2.45) is 0 Å². The van der Waals surface area contributed by atoms with Crippen molar-refractivity contribution < 1.29 is 14.7 Å². The van der Waals surface area contributed by atoms with Crippen LogP contribution in [0.5, 0.6) is 0 Å². The van der Waals surface area contributed by atoms with E-state index in [4.69, 9.17) is 10.8 Å². The SMILES string of the molecule is CN(CC(=O)NC1CC1)c1ccc(N)cc1C(=O)O. The predicted molar refractivity (Wildman–Crippen MR) is 72.2 cm³/mol. The van der Waals surface area contributed by atoms with Crippen LogP contribution < -0.4 is 16.0 Å². The van der Waals surface area contributed by atoms with Gasteiger partial charge >= 0.3 is 5.97 Å². The van der Waals surface area contributed by atoms with E-state index in [2.05, 4.69) is 5.32 Å². The van der Waals surface area contributed by atoms with Gasteiger partial charge in [0.2, 0.25) is 5.91 Å². The van der Waals surface area contributed by atoms with Crippen molar-refractivity contribution in [3.05, 3.63) is 23.8 Å². The molecule has 0 radical (unpaired) electrons. The molecule has 4 N–H and O–H groups in total. The van der Waals surface area contributed by atoms with Crippen LogP contribution >= 0.6 is 0 Å². The molecule has 0 heterocycles. The van der Waals surface area contributed by atoms with Crippen LogP contribution in [0.4, 0.5) is 11.4 Å². The van der Waals surface area contributed by atoms with E-state index >= 15 is 0 Å². The van der Waals surface area contributed by atoms with Crippen LogP contribution in [-0.2, 0) is 4.79 Å². The summed E-state index contributed by atoms with van der Waals surface area (Å²) >= 11 is 0. The van der Waals surface area contributed by atoms with Crippen LogP contribution in [0.2, 0.25) is 0 Å². The van der Waals surface area contributed by atoms with E-state index in [1.165, 1.54) is 6.07 Å². The summed E-state index contributed by atoms with van der Waals surface area (Å²) in [5.74, 6) is -1.16. The molecule has 0 bridgehead atoms. The molecule has 0 aromatic heterocycles. The van der Waals surface area contributed by atoms with Crippen molar-refractivity contribution in [1.29, 1.82) is 0 Å². The molecule has 1 aromatic rings. The number of amides is 1. The molecule has 102 valence electrons. The minimum atomic E-state index is -1.06. The topological polar surface area (TPSA) is 95.7 Å². The number of nitrogens with two attached hydrogens (primary N) is 1. The smallest absolute Gasteiger partial charge is 0.337 e. The number of carboxylic acid groups (broad SMARTS) is 1. The van der Waals surface area contributed by atoms with E-state index in [9.17, 15) is 9.59 Å². The number of anilines is 2. The van der Waals surface area contributed by atoms with E-state index in [-0.39, 0.29) is 18.0 Å². The van der Waals surface area contributed by atoms with E-state index in [1.807, 2.05) is 0 Å². The molecule has 6 nitrogen and oxygen atoms in total. The Morgan fingerprint density at radius 2 is 2.16 bits per heavy atom. The highest BCUT2D eigenvalue weighted by Crippen LogP contribution is 2.23. The molecule has 0 unspecified atom stereocenters. The molecule has 1 aliphatic rings. The average Bonchev–Trinajstić information content (AvgIpc) is 3.12. The summed E-state index contributed by atoms with van der Waals surface area (Å²) in [6.45, 7) is 0.126. The van der Waals surface area contributed by atoms with E-state index in [1.54, 1.807) is 24.1 Å². The third-order valence-electron chi connectivity index (χ3n) is 2.99. The van der Waals surface area contributed by atoms with Crippen molar-refractivity contribution in [2.75, 3.05) is 24.2 Å². The number of nitrogen functional groups attached to an aromatic ring is 1. The highest BCUT2D eigenvalue weighted by Gasteiger charge is 2.24. The molecule has 0 atom stereocenters. The van der Waals surface area contributed by atoms with Gasteiger partial charge in [-0.3, -0.25) is 4.79 Å². The first-order valence-corrected chi connectivity index (χ1v) is 6.10. The number of carbonyl (C=O) groups is 2. The molecule has 0 saturated heterocycles. The normalized spacial score (nSPS) is 13.9. The van der Waals surface area contributed by atoms with Gasteiger partial charge in [0, 0.05) is 18.8 Å². The second-order valence-corrected chi connectivity index (χ2v) is 4.78. The van der Waals surface area contributed by atoms with Crippen LogP contribution in [0.1, 0.15) is 23.2 Å². The number of hydrogen-bond acceptors (Lipinski definition) is 4. The summed E-state index contributed by atoms with van der Waals surface area (Å²) in [7, 11) is 1.68. The van der Waals surface area contributed by atoms with Gasteiger partial charge in [-0.2, -0.15) is 0 Å². The maximum Gasteiger partial charge on any atom is 0.337 e. The minimum absolute atomic E-state index is 0.0988. The lowest BCUT2D eigenvalue weighted by Crippen LogP contribution is -2.36. The Kier molecular flexibility index (Phi) is 3.59. The van der Waals surface area contributed by atoms with Gasteiger partial charge in [-0.05, 0) is 31.0 Å². The van der Waals surface area contributed by atoms with Crippen molar-refractivity contribution >= 4 is 23.3 Å². The first-order valence-electron chi connectivity index (χ1n) is 6.10. The lowest BCUT2D eigenvalue weighted by atomic mass is 10.1. The summed E-state index contributed by atoms with van der Waals surface area (Å²) in [6.07, 6.45) is 2.05. The Balaban J connectivity index is 2.10. The molecule has 1 aromatic carbocycles. The second-order valence-electron chi connectivity index (χ2n) is 4.78. The van der Waals surface area contributed by atoms with Crippen molar-refractivity contribution in [3.8, 4) is 0 Å². The number of nitrogens with zero attached hydrogens (tertiary/aromatic N) is 1. The predicted octanol–water partition coefficient (Wildman–Crippen LogP) is 0.682. The molecule has 6 heteroatoms. The Hall–Kier alpha value is -2.24. The number of likely N-dealkylation sites (N-methyl/N-ethyl adjacent to an activating group) is 1. The zero-order valence-corrected chi connectivity index (χ0v) is 10.7. The average molecular weight is 263 g/mol. The summed E-state index contributed by atoms with van der Waals surface area (Å²) in [4.78, 5) is 24.5. The Morgan fingerprint density at radius 3 is 2.74 bits per heavy atom. The largest absolute Gasteiger partial charge is 0.478 e. The van der Waals surface area contributed by atoms with Crippen LogP contribution in [0.25, 0.3) is 0 Å². The highest BCUT2D eigenvalue weighted by atomic mass is 16.4. The van der Waals surface area contributed by atoms with E-state index in [0.717, 1.165) is 12.8 Å². The standard InChI is InChI=1S/C13H17N3O3/c1-16(7-12(17)15-9-3-4-9)11-5-2-8(14)6-10(11)13(18)19/h2,5-6,9H,3-4,7,14H2,1H3,(H,15,17)(H,18,19). The van der Waals surface area contributed by atoms with Gasteiger partial charge in [0.25, 0.3) is 0 Å². The zero-order valence-electron chi connectivity index (χ0n) is 10.7. The molecule has 0 aliphatic heterocycles. The van der Waals surface area contributed by atoms with Gasteiger partial charge in [0.1, 0.15) is 0 Å². The van der Waals surface area contributed by atoms with E-state index < -0.39 is 5.97 Å². The van der Waals surface area contributed by atoms with Gasteiger partial charge < -0.3 is 21.1 Å². The number of hydrogen-bond donors (Lipinski definition) is 3. The fourth-order valence-corrected chi connectivity index (χ4v) is 1.86. The van der Waals surface area contributed by atoms with Crippen LogP contribution in [0.3, 0.4) is 0 Å². The lowest BCUT2D eigenvalue weighted by molar-refractivity contribution is -0.119. The first kappa shape index (κ1) is 13.2. The van der Waals surface area contributed by atoms with Crippen LogP contribution in [0.15, 0.2) is 18.2 Å². The van der Waals surface area contributed by atoms with Crippen LogP contribution in [-0.4, -0.2) is 36.6 Å². The van der Waals surface area contributed by atoms with E-state index in [0.29, 0.717) is 17.4 Å². The van der Waals surface area contributed by atoms with Gasteiger partial charge in [-0.25, -0.2) is 4.79 Å². The maximum absolute atomic E-state index is 11.7. The molecule has 1 saturated carbocycles. The second kappa shape index (κ2) is 5.17. The van der Waals surface area contributed by atoms with Crippen LogP contribution in [0, 0.1) is 0 Å². The molecule has 1 aliphatic carbocycles. The number of carbonyl (C=O) groups excluding carboxylic acids is 1. The molecule has 0 spiro atoms. The van der Waals surface area contributed by atoms with Gasteiger partial charge in [0.05, 0.1) is 17.8 Å². The Bertz CT molecular complexity index is 512. The monoisotopic (exact) mass is 263 g/mol. The molecular weight excluding hydrogens is 246 g/mol. The van der Waals surface area contributed by atoms with Gasteiger partial charge in [-0.15, -0.1) is 0 Å². The van der Waals surface area contributed by atoms with Crippen molar-refractivity contribution in [3.63, 3.8) is 0 Å². The molecule has 19 heavy (non-hydrogen) atoms. The third-order valence-corrected chi connectivity index (χ3v) is 2.99. The van der Waals surface area contributed by atoms with Crippen molar-refractivity contribution in [2.45, 2.75) is 18.9 Å². The lowest BCUT2D eigenvalue weighted by Gasteiger charge is -2.21. The van der Waals surface area contributed by atoms with Gasteiger partial charge in [-0.1, -0.05) is 0 Å². The Labute approximate surface area is 111 Å². The number of rotatable bonds is 5. The fraction of sp³-hybridized carbons (Fsp3) is 0.385. The highest BCUT2D eigenvalue weighted by molar-refractivity contribution is 5.96. The summed E-state index contributed by atoms with van der Waals surface area (Å²) in [5.41, 5.74) is 6.54. The molecular formula is C13H17N3O3. The first-order chi connectivity index (χ1) is 8.97. The molecule has 1 amide bonds. The number of aromatic carboxylic acids is 1. The summed E-state index contributed by atoms with van der Waals surface area (Å²) in [6, 6.07) is 4.93. The van der Waals surface area contributed by atoms with Crippen molar-refractivity contribution in [1.82, 2.24) is 5.32 Å². The van der Waals surface area contributed by atoms with Gasteiger partial charge in [0.15, 0.2) is 0 Å². The number of carboxylic acids is 1. The number of nitrogens with one attached hydrogen (secondary N) is 1. The minimum Gasteiger partial charge on any atom is -0.478 e. The zero-order chi connectivity index (χ0) is 14.0. The number of benzene rings is 1. The summed E-state index contributed by atoms with van der Waals surface area (Å²) < 4.78 is 0.